The van der Waals surface area contributed by atoms with Crippen molar-refractivity contribution in [3.63, 3.8) is 0 Å². The van der Waals surface area contributed by atoms with Crippen molar-refractivity contribution in [1.29, 1.82) is 0 Å². The number of nitrogens with two attached hydrogens (primary N) is 1. The Kier molecular flexibility index (Phi) is 3.93. The van der Waals surface area contributed by atoms with Gasteiger partial charge in [0.2, 0.25) is 5.91 Å². The average molecular weight is 283 g/mol. The van der Waals surface area contributed by atoms with Crippen molar-refractivity contribution in [1.82, 2.24) is 0 Å². The van der Waals surface area contributed by atoms with Crippen LogP contribution in [0.4, 0.5) is 11.4 Å². The SMILES string of the molecule is Cc1ccc(N)cc1NC(=O)C1C(C)(C)C1(C)C.Cl. The molecular formula is C15H23ClN2O. The first-order valence-electron chi connectivity index (χ1n) is 6.35. The quantitative estimate of drug-likeness (QED) is 0.814. The van der Waals surface area contributed by atoms with Gasteiger partial charge in [0, 0.05) is 17.3 Å². The van der Waals surface area contributed by atoms with Gasteiger partial charge in [-0.15, -0.1) is 12.4 Å². The summed E-state index contributed by atoms with van der Waals surface area (Å²) in [4.78, 5) is 12.3. The molecule has 0 spiro atoms. The van der Waals surface area contributed by atoms with Crippen molar-refractivity contribution < 1.29 is 4.79 Å². The second kappa shape index (κ2) is 4.71. The number of benzene rings is 1. The van der Waals surface area contributed by atoms with Crippen molar-refractivity contribution in [3.05, 3.63) is 23.8 Å². The van der Waals surface area contributed by atoms with E-state index in [1.807, 2.05) is 25.1 Å². The highest BCUT2D eigenvalue weighted by Crippen LogP contribution is 2.68. The summed E-state index contributed by atoms with van der Waals surface area (Å²) in [5.41, 5.74) is 8.40. The fraction of sp³-hybridized carbons (Fsp3) is 0.533. The van der Waals surface area contributed by atoms with Gasteiger partial charge in [-0.25, -0.2) is 0 Å². The Morgan fingerprint density at radius 3 is 2.21 bits per heavy atom. The van der Waals surface area contributed by atoms with Gasteiger partial charge < -0.3 is 11.1 Å². The van der Waals surface area contributed by atoms with Gasteiger partial charge in [-0.05, 0) is 35.4 Å². The van der Waals surface area contributed by atoms with E-state index in [1.54, 1.807) is 0 Å². The van der Waals surface area contributed by atoms with Crippen LogP contribution in [-0.2, 0) is 4.79 Å². The van der Waals surface area contributed by atoms with Crippen LogP contribution in [0.5, 0.6) is 0 Å². The molecule has 0 atom stereocenters. The molecule has 1 saturated carbocycles. The Balaban J connectivity index is 0.00000180. The van der Waals surface area contributed by atoms with Gasteiger partial charge in [-0.2, -0.15) is 0 Å². The Bertz CT molecular complexity index is 495. The van der Waals surface area contributed by atoms with Crippen LogP contribution in [0.3, 0.4) is 0 Å². The van der Waals surface area contributed by atoms with E-state index < -0.39 is 0 Å². The normalized spacial score (nSPS) is 19.4. The summed E-state index contributed by atoms with van der Waals surface area (Å²) in [5.74, 6) is 0.157. The second-order valence-corrected chi connectivity index (χ2v) is 6.44. The summed E-state index contributed by atoms with van der Waals surface area (Å²) in [7, 11) is 0. The van der Waals surface area contributed by atoms with Gasteiger partial charge >= 0.3 is 0 Å². The van der Waals surface area contributed by atoms with Gasteiger partial charge in [-0.3, -0.25) is 4.79 Å². The van der Waals surface area contributed by atoms with Crippen LogP contribution in [-0.4, -0.2) is 5.91 Å². The van der Waals surface area contributed by atoms with Gasteiger partial charge in [0.25, 0.3) is 0 Å². The van der Waals surface area contributed by atoms with Gasteiger partial charge in [0.1, 0.15) is 0 Å². The average Bonchev–Trinajstić information content (AvgIpc) is 2.63. The minimum atomic E-state index is 0. The van der Waals surface area contributed by atoms with Crippen LogP contribution in [0.25, 0.3) is 0 Å². The number of halogens is 1. The summed E-state index contributed by atoms with van der Waals surface area (Å²) in [6, 6.07) is 5.58. The maximum Gasteiger partial charge on any atom is 0.228 e. The molecule has 1 fully saturated rings. The van der Waals surface area contributed by atoms with E-state index in [0.29, 0.717) is 5.69 Å². The molecule has 1 aromatic carbocycles. The minimum Gasteiger partial charge on any atom is -0.399 e. The first kappa shape index (κ1) is 15.8. The van der Waals surface area contributed by atoms with E-state index >= 15 is 0 Å². The Labute approximate surface area is 121 Å². The van der Waals surface area contributed by atoms with Gasteiger partial charge in [-0.1, -0.05) is 33.8 Å². The first-order chi connectivity index (χ1) is 8.18. The van der Waals surface area contributed by atoms with Crippen LogP contribution in [0.2, 0.25) is 0 Å². The first-order valence-corrected chi connectivity index (χ1v) is 6.35. The molecule has 0 aromatic heterocycles. The molecule has 2 rings (SSSR count). The molecule has 0 radical (unpaired) electrons. The third-order valence-electron chi connectivity index (χ3n) is 4.80. The number of nitrogens with one attached hydrogen (secondary N) is 1. The van der Waals surface area contributed by atoms with Crippen LogP contribution >= 0.6 is 12.4 Å². The number of rotatable bonds is 2. The molecule has 3 nitrogen and oxygen atoms in total. The van der Waals surface area contributed by atoms with E-state index in [0.717, 1.165) is 11.3 Å². The monoisotopic (exact) mass is 282 g/mol. The highest BCUT2D eigenvalue weighted by Gasteiger charge is 2.68. The third kappa shape index (κ3) is 2.44. The number of carbonyl (C=O) groups excluding carboxylic acids is 1. The lowest BCUT2D eigenvalue weighted by Crippen LogP contribution is -2.18. The molecule has 1 aliphatic rings. The summed E-state index contributed by atoms with van der Waals surface area (Å²) in [5, 5.41) is 3.01. The van der Waals surface area contributed by atoms with Crippen molar-refractivity contribution >= 4 is 29.7 Å². The van der Waals surface area contributed by atoms with Crippen molar-refractivity contribution in [2.45, 2.75) is 34.6 Å². The summed E-state index contributed by atoms with van der Waals surface area (Å²) in [6.07, 6.45) is 0. The lowest BCUT2D eigenvalue weighted by molar-refractivity contribution is -0.118. The zero-order chi connectivity index (χ0) is 13.7. The molecule has 3 N–H and O–H groups in total. The zero-order valence-electron chi connectivity index (χ0n) is 12.2. The van der Waals surface area contributed by atoms with Crippen LogP contribution in [0.1, 0.15) is 33.3 Å². The maximum absolute atomic E-state index is 12.3. The largest absolute Gasteiger partial charge is 0.399 e. The zero-order valence-corrected chi connectivity index (χ0v) is 13.0. The summed E-state index contributed by atoms with van der Waals surface area (Å²) < 4.78 is 0. The molecule has 1 aliphatic carbocycles. The molecule has 0 unspecified atom stereocenters. The molecular weight excluding hydrogens is 260 g/mol. The fourth-order valence-corrected chi connectivity index (χ4v) is 2.83. The molecule has 1 aromatic rings. The lowest BCUT2D eigenvalue weighted by atomic mass is 10.0. The smallest absolute Gasteiger partial charge is 0.228 e. The lowest BCUT2D eigenvalue weighted by Gasteiger charge is -2.10. The molecule has 0 heterocycles. The topological polar surface area (TPSA) is 55.1 Å². The Morgan fingerprint density at radius 1 is 1.21 bits per heavy atom. The van der Waals surface area contributed by atoms with Crippen molar-refractivity contribution in [2.75, 3.05) is 11.1 Å². The molecule has 0 bridgehead atoms. The maximum atomic E-state index is 12.3. The molecule has 4 heteroatoms. The second-order valence-electron chi connectivity index (χ2n) is 6.44. The molecule has 106 valence electrons. The van der Waals surface area contributed by atoms with E-state index in [1.165, 1.54) is 0 Å². The number of hydrogen-bond acceptors (Lipinski definition) is 2. The number of anilines is 2. The van der Waals surface area contributed by atoms with Gasteiger partial charge in [0.15, 0.2) is 0 Å². The summed E-state index contributed by atoms with van der Waals surface area (Å²) in [6.45, 7) is 10.5. The standard InChI is InChI=1S/C15H22N2O.ClH/c1-9-6-7-10(16)8-11(9)17-13(18)12-14(2,3)15(12,4)5;/h6-8,12H,16H2,1-5H3,(H,17,18);1H. The third-order valence-corrected chi connectivity index (χ3v) is 4.80. The molecule has 0 aliphatic heterocycles. The molecule has 19 heavy (non-hydrogen) atoms. The number of aryl methyl sites for hydroxylation is 1. The Hall–Kier alpha value is -1.22. The van der Waals surface area contributed by atoms with Crippen molar-refractivity contribution in [3.8, 4) is 0 Å². The minimum absolute atomic E-state index is 0. The number of hydrogen-bond donors (Lipinski definition) is 2. The van der Waals surface area contributed by atoms with Crippen molar-refractivity contribution in [2.24, 2.45) is 16.7 Å². The highest BCUT2D eigenvalue weighted by molar-refractivity contribution is 5.97. The van der Waals surface area contributed by atoms with E-state index in [4.69, 9.17) is 5.73 Å². The predicted molar refractivity (Wildman–Crippen MR) is 82.5 cm³/mol. The predicted octanol–water partition coefficient (Wildman–Crippen LogP) is 3.62. The Morgan fingerprint density at radius 2 is 1.74 bits per heavy atom. The molecule has 0 saturated heterocycles. The molecule has 1 amide bonds. The summed E-state index contributed by atoms with van der Waals surface area (Å²) >= 11 is 0. The van der Waals surface area contributed by atoms with Crippen LogP contribution in [0.15, 0.2) is 18.2 Å². The fourth-order valence-electron chi connectivity index (χ4n) is 2.83. The highest BCUT2D eigenvalue weighted by atomic mass is 35.5. The van der Waals surface area contributed by atoms with E-state index in [9.17, 15) is 4.79 Å². The number of carbonyl (C=O) groups is 1. The van der Waals surface area contributed by atoms with Crippen LogP contribution < -0.4 is 11.1 Å². The number of amides is 1. The van der Waals surface area contributed by atoms with Crippen LogP contribution in [0, 0.1) is 23.7 Å². The van der Waals surface area contributed by atoms with E-state index in [2.05, 4.69) is 33.0 Å². The number of nitrogen functional groups attached to an aromatic ring is 1. The van der Waals surface area contributed by atoms with E-state index in [-0.39, 0.29) is 35.1 Å². The van der Waals surface area contributed by atoms with Gasteiger partial charge in [0.05, 0.1) is 0 Å².